The lowest BCUT2D eigenvalue weighted by Gasteiger charge is -2.35. The normalized spacial score (nSPS) is 17.3. The molecule has 1 aliphatic heterocycles. The Bertz CT molecular complexity index is 992. The molecule has 2 aromatic rings. The average Bonchev–Trinajstić information content (AvgIpc) is 2.88. The van der Waals surface area contributed by atoms with Crippen LogP contribution in [0.3, 0.4) is 0 Å². The third-order valence-electron chi connectivity index (χ3n) is 6.72. The van der Waals surface area contributed by atoms with Gasteiger partial charge < -0.3 is 15.0 Å². The van der Waals surface area contributed by atoms with Gasteiger partial charge in [0, 0.05) is 41.2 Å². The minimum atomic E-state index is -0.182. The minimum Gasteiger partial charge on any atom is -0.484 e. The van der Waals surface area contributed by atoms with Crippen molar-refractivity contribution in [1.82, 2.24) is 10.2 Å². The zero-order valence-electron chi connectivity index (χ0n) is 19.3. The van der Waals surface area contributed by atoms with Gasteiger partial charge in [-0.3, -0.25) is 14.4 Å². The zero-order valence-corrected chi connectivity index (χ0v) is 20.1. The number of likely N-dealkylation sites (tertiary alicyclic amines) is 1. The lowest BCUT2D eigenvalue weighted by molar-refractivity contribution is -0.137. The number of hydrogen-bond donors (Lipinski definition) is 1. The Morgan fingerprint density at radius 2 is 1.44 bits per heavy atom. The number of carbonyl (C=O) groups excluding carboxylic acids is 3. The van der Waals surface area contributed by atoms with Gasteiger partial charge in [0.15, 0.2) is 12.4 Å². The van der Waals surface area contributed by atoms with Crippen LogP contribution in [0.25, 0.3) is 0 Å². The van der Waals surface area contributed by atoms with Crippen molar-refractivity contribution in [2.24, 2.45) is 5.92 Å². The highest BCUT2D eigenvalue weighted by molar-refractivity contribution is 6.30. The van der Waals surface area contributed by atoms with Crippen LogP contribution < -0.4 is 10.1 Å². The van der Waals surface area contributed by atoms with Gasteiger partial charge in [-0.15, -0.1) is 0 Å². The van der Waals surface area contributed by atoms with Crippen LogP contribution in [0, 0.1) is 5.92 Å². The molecule has 2 aromatic carbocycles. The fourth-order valence-corrected chi connectivity index (χ4v) is 4.87. The summed E-state index contributed by atoms with van der Waals surface area (Å²) in [6.07, 6.45) is 7.13. The van der Waals surface area contributed by atoms with Crippen LogP contribution in [0.1, 0.15) is 60.9 Å². The first kappa shape index (κ1) is 24.3. The number of rotatable bonds is 7. The summed E-state index contributed by atoms with van der Waals surface area (Å²) in [6, 6.07) is 13.5. The van der Waals surface area contributed by atoms with Crippen molar-refractivity contribution in [1.29, 1.82) is 0 Å². The van der Waals surface area contributed by atoms with Gasteiger partial charge in [0.1, 0.15) is 5.75 Å². The van der Waals surface area contributed by atoms with E-state index in [0.717, 1.165) is 38.5 Å². The van der Waals surface area contributed by atoms with E-state index in [2.05, 4.69) is 5.32 Å². The Kier molecular flexibility index (Phi) is 8.22. The molecule has 6 nitrogen and oxygen atoms in total. The number of nitrogens with zero attached hydrogens (tertiary/aromatic N) is 1. The van der Waals surface area contributed by atoms with Crippen molar-refractivity contribution < 1.29 is 19.1 Å². The molecule has 2 aliphatic rings. The summed E-state index contributed by atoms with van der Waals surface area (Å²) in [4.78, 5) is 39.6. The lowest BCUT2D eigenvalue weighted by Crippen LogP contribution is -2.49. The molecule has 1 saturated heterocycles. The van der Waals surface area contributed by atoms with Crippen LogP contribution in [0.4, 0.5) is 0 Å². The first-order valence-corrected chi connectivity index (χ1v) is 12.5. The van der Waals surface area contributed by atoms with E-state index in [9.17, 15) is 14.4 Å². The van der Waals surface area contributed by atoms with E-state index in [-0.39, 0.29) is 30.3 Å². The molecule has 1 aliphatic carbocycles. The van der Waals surface area contributed by atoms with Gasteiger partial charge >= 0.3 is 0 Å². The number of hydrogen-bond acceptors (Lipinski definition) is 4. The number of benzene rings is 2. The van der Waals surface area contributed by atoms with Crippen molar-refractivity contribution in [3.63, 3.8) is 0 Å². The Balaban J connectivity index is 1.19. The first-order chi connectivity index (χ1) is 16.5. The average molecular weight is 483 g/mol. The van der Waals surface area contributed by atoms with E-state index in [1.165, 1.54) is 6.42 Å². The summed E-state index contributed by atoms with van der Waals surface area (Å²) in [6.45, 7) is 1.31. The lowest BCUT2D eigenvalue weighted by atomic mass is 9.87. The number of nitrogens with one attached hydrogen (secondary N) is 1. The Hall–Kier alpha value is -2.86. The smallest absolute Gasteiger partial charge is 0.258 e. The monoisotopic (exact) mass is 482 g/mol. The summed E-state index contributed by atoms with van der Waals surface area (Å²) >= 11 is 5.88. The number of amides is 2. The second-order valence-corrected chi connectivity index (χ2v) is 9.59. The molecule has 180 valence electrons. The summed E-state index contributed by atoms with van der Waals surface area (Å²) < 4.78 is 5.60. The second kappa shape index (κ2) is 11.5. The maximum absolute atomic E-state index is 12.7. The molecule has 2 fully saturated rings. The highest BCUT2D eigenvalue weighted by Crippen LogP contribution is 2.26. The van der Waals surface area contributed by atoms with Crippen molar-refractivity contribution in [3.05, 3.63) is 64.7 Å². The van der Waals surface area contributed by atoms with Crippen molar-refractivity contribution in [2.45, 2.75) is 51.0 Å². The summed E-state index contributed by atoms with van der Waals surface area (Å²) in [5.41, 5.74) is 1.09. The number of carbonyl (C=O) groups is 3. The summed E-state index contributed by atoms with van der Waals surface area (Å²) in [7, 11) is 0. The highest BCUT2D eigenvalue weighted by Gasteiger charge is 2.29. The Morgan fingerprint density at radius 3 is 2.06 bits per heavy atom. The van der Waals surface area contributed by atoms with Gasteiger partial charge in [-0.05, 0) is 74.2 Å². The molecule has 2 amide bonds. The molecule has 0 atom stereocenters. The van der Waals surface area contributed by atoms with E-state index in [1.54, 1.807) is 48.5 Å². The van der Waals surface area contributed by atoms with Crippen molar-refractivity contribution in [2.75, 3.05) is 19.7 Å². The van der Waals surface area contributed by atoms with Crippen LogP contribution in [0.5, 0.6) is 5.75 Å². The predicted octanol–water partition coefficient (Wildman–Crippen LogP) is 4.64. The van der Waals surface area contributed by atoms with E-state index in [0.29, 0.717) is 40.9 Å². The van der Waals surface area contributed by atoms with Gasteiger partial charge in [-0.25, -0.2) is 0 Å². The van der Waals surface area contributed by atoms with Gasteiger partial charge in [0.25, 0.3) is 5.91 Å². The largest absolute Gasteiger partial charge is 0.484 e. The van der Waals surface area contributed by atoms with Crippen LogP contribution in [-0.2, 0) is 9.59 Å². The topological polar surface area (TPSA) is 75.7 Å². The second-order valence-electron chi connectivity index (χ2n) is 9.15. The zero-order chi connectivity index (χ0) is 23.9. The summed E-state index contributed by atoms with van der Waals surface area (Å²) in [5.74, 6) is 0.732. The molecule has 1 heterocycles. The quantitative estimate of drug-likeness (QED) is 0.583. The number of piperidine rings is 1. The SMILES string of the molecule is O=C(COc1ccc(C(=O)c2ccc(Cl)cc2)cc1)NC1CCN(C(=O)C2CCCCC2)CC1. The van der Waals surface area contributed by atoms with Crippen LogP contribution in [0.2, 0.25) is 5.02 Å². The third kappa shape index (κ3) is 6.38. The molecule has 0 aromatic heterocycles. The van der Waals surface area contributed by atoms with E-state index >= 15 is 0 Å². The van der Waals surface area contributed by atoms with Crippen molar-refractivity contribution in [3.8, 4) is 5.75 Å². The minimum absolute atomic E-state index is 0.0610. The molecule has 1 N–H and O–H groups in total. The molecule has 0 unspecified atom stereocenters. The molecule has 0 bridgehead atoms. The van der Waals surface area contributed by atoms with Crippen LogP contribution in [-0.4, -0.2) is 48.2 Å². The Labute approximate surface area is 205 Å². The molecule has 7 heteroatoms. The fraction of sp³-hybridized carbons (Fsp3) is 0.444. The maximum Gasteiger partial charge on any atom is 0.258 e. The van der Waals surface area contributed by atoms with Gasteiger partial charge in [0.2, 0.25) is 5.91 Å². The Morgan fingerprint density at radius 1 is 0.853 bits per heavy atom. The van der Waals surface area contributed by atoms with E-state index in [4.69, 9.17) is 16.3 Å². The van der Waals surface area contributed by atoms with Crippen LogP contribution in [0.15, 0.2) is 48.5 Å². The van der Waals surface area contributed by atoms with Crippen molar-refractivity contribution >= 4 is 29.2 Å². The number of ether oxygens (including phenoxy) is 1. The molecule has 1 saturated carbocycles. The first-order valence-electron chi connectivity index (χ1n) is 12.1. The number of ketones is 1. The van der Waals surface area contributed by atoms with Crippen LogP contribution >= 0.6 is 11.6 Å². The molecule has 34 heavy (non-hydrogen) atoms. The van der Waals surface area contributed by atoms with Gasteiger partial charge in [0.05, 0.1) is 0 Å². The molecule has 4 rings (SSSR count). The standard InChI is InChI=1S/C27H31ClN2O4/c28-22-10-6-19(7-11-22)26(32)20-8-12-24(13-9-20)34-18-25(31)29-23-14-16-30(17-15-23)27(33)21-4-2-1-3-5-21/h6-13,21,23H,1-5,14-18H2,(H,29,31). The fourth-order valence-electron chi connectivity index (χ4n) is 4.74. The predicted molar refractivity (Wildman–Crippen MR) is 131 cm³/mol. The third-order valence-corrected chi connectivity index (χ3v) is 6.97. The molecule has 0 radical (unpaired) electrons. The summed E-state index contributed by atoms with van der Waals surface area (Å²) in [5, 5.41) is 3.60. The maximum atomic E-state index is 12.7. The highest BCUT2D eigenvalue weighted by atomic mass is 35.5. The molecular weight excluding hydrogens is 452 g/mol. The van der Waals surface area contributed by atoms with E-state index < -0.39 is 0 Å². The molecule has 0 spiro atoms. The molecular formula is C27H31ClN2O4. The van der Waals surface area contributed by atoms with Gasteiger partial charge in [-0.2, -0.15) is 0 Å². The van der Waals surface area contributed by atoms with Gasteiger partial charge in [-0.1, -0.05) is 30.9 Å². The number of halogens is 1. The van der Waals surface area contributed by atoms with E-state index in [1.807, 2.05) is 4.90 Å².